The zero-order valence-electron chi connectivity index (χ0n) is 9.52. The lowest BCUT2D eigenvalue weighted by Crippen LogP contribution is -2.68. The fourth-order valence-corrected chi connectivity index (χ4v) is 4.59. The summed E-state index contributed by atoms with van der Waals surface area (Å²) in [6.45, 7) is 1.82. The average Bonchev–Trinajstić information content (AvgIpc) is 1.98. The maximum atomic E-state index is 11.6. The van der Waals surface area contributed by atoms with Gasteiger partial charge in [-0.05, 0) is 6.92 Å². The van der Waals surface area contributed by atoms with Gasteiger partial charge in [0.25, 0.3) is 0 Å². The van der Waals surface area contributed by atoms with Gasteiger partial charge in [0.15, 0.2) is 9.84 Å². The van der Waals surface area contributed by atoms with Crippen molar-refractivity contribution in [1.82, 2.24) is 0 Å². The number of sulfone groups is 1. The molecule has 0 aromatic rings. The van der Waals surface area contributed by atoms with Crippen LogP contribution in [0.4, 0.5) is 0 Å². The Morgan fingerprint density at radius 3 is 2.14 bits per heavy atom. The molecule has 1 rings (SSSR count). The molecule has 1 heterocycles. The van der Waals surface area contributed by atoms with Crippen molar-refractivity contribution in [2.24, 2.45) is 0 Å². The number of methoxy groups -OCH3 is 1. The number of hydrogen-bond donors (Lipinski definition) is 0. The van der Waals surface area contributed by atoms with E-state index in [0.29, 0.717) is 4.48 Å². The molecule has 3 atom stereocenters. The van der Waals surface area contributed by atoms with Crippen LogP contribution in [0.15, 0.2) is 0 Å². The summed E-state index contributed by atoms with van der Waals surface area (Å²) in [5.74, 6) is 0.287. The standard InChI is InChI=1S/C9H20NO3S/c1-7(13-5)9-8(10(2,3)4)6-14(9,11)12/h7-9H,6H2,1-5H3/q+1. The number of quaternary nitrogens is 1. The molecule has 14 heavy (non-hydrogen) atoms. The van der Waals surface area contributed by atoms with Crippen LogP contribution >= 0.6 is 0 Å². The summed E-state index contributed by atoms with van der Waals surface area (Å²) in [6.07, 6.45) is -0.212. The van der Waals surface area contributed by atoms with E-state index in [2.05, 4.69) is 0 Å². The Morgan fingerprint density at radius 1 is 1.36 bits per heavy atom. The molecule has 0 spiro atoms. The molecule has 5 heteroatoms. The van der Waals surface area contributed by atoms with Crippen molar-refractivity contribution < 1.29 is 17.6 Å². The van der Waals surface area contributed by atoms with Gasteiger partial charge in [-0.1, -0.05) is 0 Å². The SMILES string of the molecule is COC(C)C1C([N+](C)(C)C)CS1(=O)=O. The second kappa shape index (κ2) is 3.47. The maximum Gasteiger partial charge on any atom is 0.167 e. The third-order valence-corrected chi connectivity index (χ3v) is 5.36. The molecule has 0 aromatic heterocycles. The molecule has 0 radical (unpaired) electrons. The minimum atomic E-state index is -2.91. The van der Waals surface area contributed by atoms with Gasteiger partial charge < -0.3 is 9.22 Å². The topological polar surface area (TPSA) is 43.4 Å². The van der Waals surface area contributed by atoms with Crippen LogP contribution in [-0.2, 0) is 14.6 Å². The molecule has 0 saturated carbocycles. The van der Waals surface area contributed by atoms with Gasteiger partial charge in [0.1, 0.15) is 17.0 Å². The highest BCUT2D eigenvalue weighted by Gasteiger charge is 2.55. The van der Waals surface area contributed by atoms with Gasteiger partial charge in [0.05, 0.1) is 27.2 Å². The Balaban J connectivity index is 2.87. The Hall–Kier alpha value is -0.130. The maximum absolute atomic E-state index is 11.6. The van der Waals surface area contributed by atoms with E-state index in [4.69, 9.17) is 4.74 Å². The van der Waals surface area contributed by atoms with Crippen LogP contribution in [0.2, 0.25) is 0 Å². The zero-order chi connectivity index (χ0) is 11.1. The summed E-state index contributed by atoms with van der Waals surface area (Å²) < 4.78 is 29.0. The summed E-state index contributed by atoms with van der Waals surface area (Å²) >= 11 is 0. The first-order chi connectivity index (χ1) is 6.20. The van der Waals surface area contributed by atoms with E-state index in [9.17, 15) is 8.42 Å². The predicted molar refractivity (Wildman–Crippen MR) is 55.9 cm³/mol. The third-order valence-electron chi connectivity index (χ3n) is 3.03. The van der Waals surface area contributed by atoms with Gasteiger partial charge in [-0.3, -0.25) is 0 Å². The number of nitrogens with zero attached hydrogens (tertiary/aromatic N) is 1. The predicted octanol–water partition coefficient (Wildman–Crippen LogP) is -0.107. The second-order valence-corrected chi connectivity index (χ2v) is 7.12. The lowest BCUT2D eigenvalue weighted by atomic mass is 10.1. The van der Waals surface area contributed by atoms with Crippen LogP contribution in [0.1, 0.15) is 6.92 Å². The summed E-state index contributed by atoms with van der Waals surface area (Å²) in [6, 6.07) is 0.162. The number of hydrogen-bond acceptors (Lipinski definition) is 3. The van der Waals surface area contributed by atoms with E-state index >= 15 is 0 Å². The van der Waals surface area contributed by atoms with E-state index in [-0.39, 0.29) is 23.1 Å². The second-order valence-electron chi connectivity index (χ2n) is 4.92. The van der Waals surface area contributed by atoms with E-state index < -0.39 is 9.84 Å². The van der Waals surface area contributed by atoms with E-state index in [0.717, 1.165) is 0 Å². The van der Waals surface area contributed by atoms with Crippen LogP contribution in [0.5, 0.6) is 0 Å². The smallest absolute Gasteiger partial charge is 0.167 e. The Bertz CT molecular complexity index is 305. The molecule has 0 aromatic carbocycles. The largest absolute Gasteiger partial charge is 0.380 e. The summed E-state index contributed by atoms with van der Waals surface area (Å²) in [5.41, 5.74) is 0. The summed E-state index contributed by atoms with van der Waals surface area (Å²) in [5, 5.41) is -0.340. The number of ether oxygens (including phenoxy) is 1. The Morgan fingerprint density at radius 2 is 1.86 bits per heavy atom. The molecule has 1 aliphatic rings. The van der Waals surface area contributed by atoms with Crippen molar-refractivity contribution in [3.8, 4) is 0 Å². The van der Waals surface area contributed by atoms with E-state index in [1.165, 1.54) is 0 Å². The Labute approximate surface area is 86.4 Å². The number of rotatable bonds is 3. The summed E-state index contributed by atoms with van der Waals surface area (Å²) in [4.78, 5) is 0. The van der Waals surface area contributed by atoms with Gasteiger partial charge in [-0.15, -0.1) is 0 Å². The lowest BCUT2D eigenvalue weighted by molar-refractivity contribution is -0.895. The van der Waals surface area contributed by atoms with Crippen molar-refractivity contribution >= 4 is 9.84 Å². The van der Waals surface area contributed by atoms with Gasteiger partial charge in [-0.25, -0.2) is 8.42 Å². The van der Waals surface area contributed by atoms with Crippen molar-refractivity contribution in [3.05, 3.63) is 0 Å². The van der Waals surface area contributed by atoms with Crippen LogP contribution in [0.3, 0.4) is 0 Å². The average molecular weight is 222 g/mol. The molecule has 3 unspecified atom stereocenters. The first-order valence-electron chi connectivity index (χ1n) is 4.75. The molecular weight excluding hydrogens is 202 g/mol. The molecular formula is C9H20NO3S+. The van der Waals surface area contributed by atoms with Crippen LogP contribution in [-0.4, -0.2) is 64.3 Å². The van der Waals surface area contributed by atoms with E-state index in [1.54, 1.807) is 7.11 Å². The molecule has 0 amide bonds. The van der Waals surface area contributed by atoms with Crippen molar-refractivity contribution in [2.75, 3.05) is 34.0 Å². The van der Waals surface area contributed by atoms with Crippen LogP contribution in [0.25, 0.3) is 0 Å². The molecule has 0 aliphatic carbocycles. The third kappa shape index (κ3) is 1.94. The fourth-order valence-electron chi connectivity index (χ4n) is 1.96. The minimum absolute atomic E-state index is 0.162. The van der Waals surface area contributed by atoms with Crippen LogP contribution < -0.4 is 0 Å². The molecule has 0 N–H and O–H groups in total. The molecule has 0 bridgehead atoms. The lowest BCUT2D eigenvalue weighted by Gasteiger charge is -2.46. The monoisotopic (exact) mass is 222 g/mol. The normalized spacial score (nSPS) is 33.5. The molecule has 1 aliphatic heterocycles. The van der Waals surface area contributed by atoms with Crippen LogP contribution in [0, 0.1) is 0 Å². The van der Waals surface area contributed by atoms with E-state index in [1.807, 2.05) is 28.1 Å². The highest BCUT2D eigenvalue weighted by Crippen LogP contribution is 2.31. The minimum Gasteiger partial charge on any atom is -0.380 e. The van der Waals surface area contributed by atoms with Gasteiger partial charge >= 0.3 is 0 Å². The first kappa shape index (κ1) is 11.9. The quantitative estimate of drug-likeness (QED) is 0.626. The fraction of sp³-hybridized carbons (Fsp3) is 1.00. The molecule has 84 valence electrons. The molecule has 4 nitrogen and oxygen atoms in total. The van der Waals surface area contributed by atoms with Crippen molar-refractivity contribution in [3.63, 3.8) is 0 Å². The zero-order valence-corrected chi connectivity index (χ0v) is 10.3. The highest BCUT2D eigenvalue weighted by atomic mass is 32.2. The molecule has 1 fully saturated rings. The highest BCUT2D eigenvalue weighted by molar-refractivity contribution is 7.93. The van der Waals surface area contributed by atoms with Crippen molar-refractivity contribution in [1.29, 1.82) is 0 Å². The van der Waals surface area contributed by atoms with Crippen molar-refractivity contribution in [2.45, 2.75) is 24.3 Å². The van der Waals surface area contributed by atoms with Gasteiger partial charge in [0, 0.05) is 7.11 Å². The summed E-state index contributed by atoms with van der Waals surface area (Å²) in [7, 11) is 4.72. The van der Waals surface area contributed by atoms with Gasteiger partial charge in [0.2, 0.25) is 0 Å². The van der Waals surface area contributed by atoms with Gasteiger partial charge in [-0.2, -0.15) is 0 Å². The Kier molecular flexibility index (Phi) is 2.96. The molecule has 1 saturated heterocycles. The first-order valence-corrected chi connectivity index (χ1v) is 6.47.